The molecule has 2 aromatic carbocycles. The van der Waals surface area contributed by atoms with Crippen LogP contribution in [0.15, 0.2) is 36.4 Å². The second kappa shape index (κ2) is 9.55. The average molecular weight is 458 g/mol. The van der Waals surface area contributed by atoms with Gasteiger partial charge in [-0.3, -0.25) is 9.69 Å². The zero-order valence-corrected chi connectivity index (χ0v) is 19.5. The fourth-order valence-electron chi connectivity index (χ4n) is 4.48. The number of aromatic nitrogens is 1. The minimum Gasteiger partial charge on any atom is -0.481 e. The number of rotatable bonds is 7. The number of anilines is 1. The lowest BCUT2D eigenvalue weighted by molar-refractivity contribution is -0.136. The van der Waals surface area contributed by atoms with E-state index in [0.29, 0.717) is 6.04 Å². The van der Waals surface area contributed by atoms with Crippen molar-refractivity contribution in [2.75, 3.05) is 24.5 Å². The van der Waals surface area contributed by atoms with Crippen LogP contribution in [0.4, 0.5) is 5.13 Å². The van der Waals surface area contributed by atoms with Gasteiger partial charge in [-0.2, -0.15) is 0 Å². The Morgan fingerprint density at radius 1 is 1.23 bits per heavy atom. The number of fused-ring (bicyclic) bond motifs is 1. The molecule has 1 N–H and O–H groups in total. The number of halogens is 1. The Labute approximate surface area is 192 Å². The number of hydrogen-bond acceptors (Lipinski definition) is 5. The molecule has 1 atom stereocenters. The van der Waals surface area contributed by atoms with Gasteiger partial charge in [0.15, 0.2) is 5.13 Å². The highest BCUT2D eigenvalue weighted by atomic mass is 35.5. The van der Waals surface area contributed by atoms with Gasteiger partial charge >= 0.3 is 5.97 Å². The molecule has 0 saturated carbocycles. The van der Waals surface area contributed by atoms with Crippen molar-refractivity contribution in [3.63, 3.8) is 0 Å². The molecular formula is C24H28ClN3O2S. The first-order chi connectivity index (χ1) is 14.9. The van der Waals surface area contributed by atoms with Crippen LogP contribution in [0.1, 0.15) is 36.5 Å². The molecule has 1 aliphatic heterocycles. The van der Waals surface area contributed by atoms with Crippen LogP contribution < -0.4 is 4.90 Å². The summed E-state index contributed by atoms with van der Waals surface area (Å²) in [7, 11) is 0. The molecule has 0 bridgehead atoms. The Morgan fingerprint density at radius 3 is 2.81 bits per heavy atom. The summed E-state index contributed by atoms with van der Waals surface area (Å²) in [6.07, 6.45) is 2.31. The van der Waals surface area contributed by atoms with E-state index in [1.807, 2.05) is 37.3 Å². The molecule has 7 heteroatoms. The third-order valence-electron chi connectivity index (χ3n) is 5.73. The maximum absolute atomic E-state index is 11.1. The number of carboxylic acid groups (broad SMARTS) is 1. The van der Waals surface area contributed by atoms with Crippen LogP contribution in [-0.4, -0.2) is 46.6 Å². The number of aliphatic carboxylic acids is 1. The number of nitrogens with zero attached hydrogens (tertiary/aromatic N) is 3. The number of piperazine rings is 1. The first-order valence-electron chi connectivity index (χ1n) is 10.8. The summed E-state index contributed by atoms with van der Waals surface area (Å²) in [5, 5.41) is 11.0. The van der Waals surface area contributed by atoms with Crippen LogP contribution in [0.5, 0.6) is 0 Å². The van der Waals surface area contributed by atoms with Crippen molar-refractivity contribution in [1.29, 1.82) is 0 Å². The maximum atomic E-state index is 11.1. The van der Waals surface area contributed by atoms with Gasteiger partial charge in [-0.25, -0.2) is 4.98 Å². The summed E-state index contributed by atoms with van der Waals surface area (Å²) in [6.45, 7) is 7.98. The molecule has 4 rings (SSSR count). The van der Waals surface area contributed by atoms with Crippen LogP contribution in [0.25, 0.3) is 10.2 Å². The first kappa shape index (κ1) is 22.1. The molecule has 0 spiro atoms. The number of carboxylic acids is 1. The zero-order chi connectivity index (χ0) is 22.0. The van der Waals surface area contributed by atoms with E-state index in [1.54, 1.807) is 11.3 Å². The lowest BCUT2D eigenvalue weighted by Gasteiger charge is -2.41. The molecule has 31 heavy (non-hydrogen) atoms. The molecule has 0 amide bonds. The number of benzene rings is 2. The standard InChI is InChI=1S/C24H28ClN3O2S/c1-3-4-20-15-27(14-18-10-16(2)9-17(11-18)12-23(29)30)7-8-28(20)24-26-21-6-5-19(25)13-22(21)31-24/h5-6,9-11,13,20H,3-4,7-8,12,14-15H2,1-2H3,(H,29,30)/t20-/m0/s1. The zero-order valence-electron chi connectivity index (χ0n) is 18.0. The fourth-order valence-corrected chi connectivity index (χ4v) is 5.82. The predicted octanol–water partition coefficient (Wildman–Crippen LogP) is 5.38. The highest BCUT2D eigenvalue weighted by Crippen LogP contribution is 2.33. The lowest BCUT2D eigenvalue weighted by Crippen LogP contribution is -2.52. The third kappa shape index (κ3) is 5.37. The van der Waals surface area contributed by atoms with Crippen LogP contribution in [0.3, 0.4) is 0 Å². The molecule has 3 aromatic rings. The number of thiazole rings is 1. The van der Waals surface area contributed by atoms with Gasteiger partial charge in [0.2, 0.25) is 0 Å². The molecule has 1 aromatic heterocycles. The van der Waals surface area contributed by atoms with Gasteiger partial charge in [0, 0.05) is 37.2 Å². The smallest absolute Gasteiger partial charge is 0.307 e. The normalized spacial score (nSPS) is 17.4. The van der Waals surface area contributed by atoms with Crippen molar-refractivity contribution in [1.82, 2.24) is 9.88 Å². The largest absolute Gasteiger partial charge is 0.481 e. The van der Waals surface area contributed by atoms with Crippen LogP contribution in [-0.2, 0) is 17.8 Å². The van der Waals surface area contributed by atoms with Gasteiger partial charge in [0.1, 0.15) is 0 Å². The molecule has 5 nitrogen and oxygen atoms in total. The second-order valence-corrected chi connectivity index (χ2v) is 9.82. The van der Waals surface area contributed by atoms with E-state index >= 15 is 0 Å². The Balaban J connectivity index is 1.50. The summed E-state index contributed by atoms with van der Waals surface area (Å²) >= 11 is 7.88. The molecule has 0 radical (unpaired) electrons. The van der Waals surface area contributed by atoms with Gasteiger partial charge in [-0.05, 0) is 42.7 Å². The molecule has 2 heterocycles. The highest BCUT2D eigenvalue weighted by molar-refractivity contribution is 7.22. The first-order valence-corrected chi connectivity index (χ1v) is 12.0. The van der Waals surface area contributed by atoms with Crippen molar-refractivity contribution in [2.45, 2.75) is 45.7 Å². The highest BCUT2D eigenvalue weighted by Gasteiger charge is 2.28. The van der Waals surface area contributed by atoms with Crippen LogP contribution >= 0.6 is 22.9 Å². The van der Waals surface area contributed by atoms with E-state index in [1.165, 1.54) is 5.56 Å². The van der Waals surface area contributed by atoms with Crippen molar-refractivity contribution in [3.8, 4) is 0 Å². The maximum Gasteiger partial charge on any atom is 0.307 e. The number of hydrogen-bond donors (Lipinski definition) is 1. The molecule has 1 fully saturated rings. The number of aryl methyl sites for hydroxylation is 1. The van der Waals surface area contributed by atoms with Crippen LogP contribution in [0, 0.1) is 6.92 Å². The Hall–Kier alpha value is -2.15. The SMILES string of the molecule is CCC[C@H]1CN(Cc2cc(C)cc(CC(=O)O)c2)CCN1c1nc2ccc(Cl)cc2s1. The van der Waals surface area contributed by atoms with Crippen molar-refractivity contribution in [2.24, 2.45) is 0 Å². The molecule has 0 unspecified atom stereocenters. The minimum absolute atomic E-state index is 0.0720. The Morgan fingerprint density at radius 2 is 2.03 bits per heavy atom. The van der Waals surface area contributed by atoms with E-state index in [4.69, 9.17) is 21.7 Å². The predicted molar refractivity (Wildman–Crippen MR) is 128 cm³/mol. The van der Waals surface area contributed by atoms with Crippen molar-refractivity contribution < 1.29 is 9.90 Å². The van der Waals surface area contributed by atoms with E-state index in [-0.39, 0.29) is 6.42 Å². The van der Waals surface area contributed by atoms with Gasteiger partial charge < -0.3 is 10.0 Å². The van der Waals surface area contributed by atoms with E-state index in [9.17, 15) is 4.79 Å². The van der Waals surface area contributed by atoms with Crippen molar-refractivity contribution in [3.05, 3.63) is 58.1 Å². The summed E-state index contributed by atoms with van der Waals surface area (Å²) in [4.78, 5) is 21.0. The Kier molecular flexibility index (Phi) is 6.80. The molecular weight excluding hydrogens is 430 g/mol. The lowest BCUT2D eigenvalue weighted by atomic mass is 10.0. The molecule has 0 aliphatic carbocycles. The van der Waals surface area contributed by atoms with Gasteiger partial charge in [-0.1, -0.05) is 60.0 Å². The number of carbonyl (C=O) groups is 1. The van der Waals surface area contributed by atoms with Gasteiger partial charge in [0.25, 0.3) is 0 Å². The second-order valence-electron chi connectivity index (χ2n) is 8.38. The third-order valence-corrected chi connectivity index (χ3v) is 7.02. The molecule has 1 aliphatic rings. The summed E-state index contributed by atoms with van der Waals surface area (Å²) in [5.74, 6) is -0.787. The average Bonchev–Trinajstić information content (AvgIpc) is 3.10. The quantitative estimate of drug-likeness (QED) is 0.516. The van der Waals surface area contributed by atoms with Crippen molar-refractivity contribution >= 4 is 44.3 Å². The monoisotopic (exact) mass is 457 g/mol. The minimum atomic E-state index is -0.787. The topological polar surface area (TPSA) is 56.7 Å². The van der Waals surface area contributed by atoms with E-state index in [0.717, 1.165) is 70.5 Å². The Bertz CT molecular complexity index is 1080. The summed E-state index contributed by atoms with van der Waals surface area (Å²) < 4.78 is 1.13. The van der Waals surface area contributed by atoms with E-state index in [2.05, 4.69) is 22.8 Å². The van der Waals surface area contributed by atoms with E-state index < -0.39 is 5.97 Å². The fraction of sp³-hybridized carbons (Fsp3) is 0.417. The summed E-state index contributed by atoms with van der Waals surface area (Å²) in [5.41, 5.74) is 4.19. The molecule has 164 valence electrons. The van der Waals surface area contributed by atoms with Gasteiger partial charge in [-0.15, -0.1) is 0 Å². The van der Waals surface area contributed by atoms with Gasteiger partial charge in [0.05, 0.1) is 16.6 Å². The van der Waals surface area contributed by atoms with Crippen LogP contribution in [0.2, 0.25) is 5.02 Å². The molecule has 1 saturated heterocycles. The summed E-state index contributed by atoms with van der Waals surface area (Å²) in [6, 6.07) is 12.5.